The van der Waals surface area contributed by atoms with E-state index in [1.807, 2.05) is 0 Å². The number of hydrogen-bond donors (Lipinski definition) is 3. The summed E-state index contributed by atoms with van der Waals surface area (Å²) in [6.07, 6.45) is 0. The van der Waals surface area contributed by atoms with Gasteiger partial charge in [0.2, 0.25) is 0 Å². The van der Waals surface area contributed by atoms with Gasteiger partial charge in [-0.25, -0.2) is 0 Å². The number of ketones is 2. The molecule has 0 amide bonds. The Morgan fingerprint density at radius 3 is 2.04 bits per heavy atom. The molecule has 0 unspecified atom stereocenters. The molecule has 7 heteroatoms. The van der Waals surface area contributed by atoms with Crippen LogP contribution in [0.25, 0.3) is 0 Å². The van der Waals surface area contributed by atoms with E-state index in [1.54, 1.807) is 0 Å². The van der Waals surface area contributed by atoms with Gasteiger partial charge in [0.15, 0.2) is 11.6 Å². The smallest absolute Gasteiger partial charge is 0.199 e. The Balaban J connectivity index is 2.31. The van der Waals surface area contributed by atoms with Gasteiger partial charge in [-0.2, -0.15) is 0 Å². The number of carbonyl (C=O) groups is 2. The number of halogens is 2. The maximum Gasteiger partial charge on any atom is 0.199 e. The van der Waals surface area contributed by atoms with Crippen molar-refractivity contribution in [1.82, 2.24) is 0 Å². The van der Waals surface area contributed by atoms with Gasteiger partial charge >= 0.3 is 0 Å². The van der Waals surface area contributed by atoms with E-state index in [-0.39, 0.29) is 38.0 Å². The van der Waals surface area contributed by atoms with Crippen LogP contribution in [0.2, 0.25) is 10.0 Å². The van der Waals surface area contributed by atoms with Crippen molar-refractivity contribution < 1.29 is 14.7 Å². The molecular formula is C16H12Cl2N2O3. The van der Waals surface area contributed by atoms with Crippen LogP contribution in [0.5, 0.6) is 5.75 Å². The van der Waals surface area contributed by atoms with E-state index >= 15 is 0 Å². The van der Waals surface area contributed by atoms with E-state index in [1.165, 1.54) is 24.3 Å². The minimum Gasteiger partial charge on any atom is -0.507 e. The first-order valence-corrected chi connectivity index (χ1v) is 7.60. The van der Waals surface area contributed by atoms with Crippen molar-refractivity contribution in [3.8, 4) is 5.75 Å². The van der Waals surface area contributed by atoms with E-state index in [0.717, 1.165) is 0 Å². The number of nitrogens with two attached hydrogens (primary N) is 1. The van der Waals surface area contributed by atoms with Crippen molar-refractivity contribution in [3.05, 3.63) is 56.6 Å². The summed E-state index contributed by atoms with van der Waals surface area (Å²) in [5.41, 5.74) is 5.96. The molecule has 2 aromatic rings. The van der Waals surface area contributed by atoms with Crippen LogP contribution in [0.4, 0.5) is 5.69 Å². The Hall–Kier alpha value is -2.08. The molecule has 0 heterocycles. The lowest BCUT2D eigenvalue weighted by Gasteiger charge is -2.23. The second-order valence-corrected chi connectivity index (χ2v) is 5.85. The van der Waals surface area contributed by atoms with Crippen LogP contribution in [-0.2, 0) is 0 Å². The lowest BCUT2D eigenvalue weighted by molar-refractivity contribution is 0.0977. The van der Waals surface area contributed by atoms with Gasteiger partial charge in [-0.05, 0) is 24.3 Å². The summed E-state index contributed by atoms with van der Waals surface area (Å²) >= 11 is 12.2. The zero-order valence-electron chi connectivity index (χ0n) is 11.8. The highest BCUT2D eigenvalue weighted by atomic mass is 35.5. The normalized spacial score (nSPS) is 12.8. The van der Waals surface area contributed by atoms with E-state index < -0.39 is 11.6 Å². The third-order valence-electron chi connectivity index (χ3n) is 3.66. The number of anilines is 1. The predicted octanol–water partition coefficient (Wildman–Crippen LogP) is 2.85. The van der Waals surface area contributed by atoms with Crippen molar-refractivity contribution in [2.24, 2.45) is 5.73 Å². The number of phenolic OH excluding ortho intramolecular Hbond substituents is 1. The van der Waals surface area contributed by atoms with Crippen molar-refractivity contribution in [2.45, 2.75) is 0 Å². The quantitative estimate of drug-likeness (QED) is 0.631. The summed E-state index contributed by atoms with van der Waals surface area (Å²) in [5, 5.41) is 13.3. The minimum absolute atomic E-state index is 0.0166. The first kappa shape index (κ1) is 15.8. The van der Waals surface area contributed by atoms with Gasteiger partial charge in [-0.1, -0.05) is 23.2 Å². The summed E-state index contributed by atoms with van der Waals surface area (Å²) in [4.78, 5) is 25.7. The van der Waals surface area contributed by atoms with E-state index in [4.69, 9.17) is 28.9 Å². The van der Waals surface area contributed by atoms with Crippen LogP contribution < -0.4 is 11.1 Å². The number of carbonyl (C=O) groups excluding carboxylic acids is 2. The molecule has 0 fully saturated rings. The van der Waals surface area contributed by atoms with Crippen LogP contribution in [-0.4, -0.2) is 29.8 Å². The molecule has 0 spiro atoms. The van der Waals surface area contributed by atoms with Gasteiger partial charge in [-0.15, -0.1) is 0 Å². The topological polar surface area (TPSA) is 92.4 Å². The Kier molecular flexibility index (Phi) is 4.02. The molecule has 23 heavy (non-hydrogen) atoms. The second-order valence-electron chi connectivity index (χ2n) is 5.04. The number of rotatable bonds is 3. The molecule has 5 nitrogen and oxygen atoms in total. The molecule has 0 aromatic heterocycles. The van der Waals surface area contributed by atoms with Crippen molar-refractivity contribution in [3.63, 3.8) is 0 Å². The molecule has 0 aliphatic heterocycles. The fourth-order valence-corrected chi connectivity index (χ4v) is 3.14. The highest BCUT2D eigenvalue weighted by Gasteiger charge is 2.37. The molecule has 118 valence electrons. The first-order valence-electron chi connectivity index (χ1n) is 6.84. The molecule has 0 radical (unpaired) electrons. The third-order valence-corrected chi connectivity index (χ3v) is 4.28. The predicted molar refractivity (Wildman–Crippen MR) is 89.0 cm³/mol. The molecule has 1 aliphatic rings. The maximum atomic E-state index is 12.9. The van der Waals surface area contributed by atoms with Gasteiger partial charge in [0.05, 0.1) is 32.3 Å². The Bertz CT molecular complexity index is 850. The summed E-state index contributed by atoms with van der Waals surface area (Å²) in [6.45, 7) is 0.760. The average molecular weight is 351 g/mol. The summed E-state index contributed by atoms with van der Waals surface area (Å²) in [7, 11) is 0. The molecular weight excluding hydrogens is 339 g/mol. The van der Waals surface area contributed by atoms with Crippen LogP contribution in [0.1, 0.15) is 31.8 Å². The highest BCUT2D eigenvalue weighted by molar-refractivity contribution is 6.44. The van der Waals surface area contributed by atoms with E-state index in [0.29, 0.717) is 18.8 Å². The molecule has 2 aromatic carbocycles. The number of phenols is 1. The van der Waals surface area contributed by atoms with Gasteiger partial charge in [-0.3, -0.25) is 9.59 Å². The van der Waals surface area contributed by atoms with Gasteiger partial charge in [0.1, 0.15) is 5.75 Å². The fraction of sp³-hybridized carbons (Fsp3) is 0.125. The Morgan fingerprint density at radius 2 is 1.48 bits per heavy atom. The first-order chi connectivity index (χ1) is 11.0. The summed E-state index contributed by atoms with van der Waals surface area (Å²) in [5.74, 6) is -1.27. The fourth-order valence-electron chi connectivity index (χ4n) is 2.66. The maximum absolute atomic E-state index is 12.9. The minimum atomic E-state index is -0.531. The standard InChI is InChI=1S/C16H12Cl2N2O3/c17-7-1-2-8(18)12-11(7)15(22)13-9(20-6-5-19)3-4-10(21)14(13)16(12)23/h1-4,20-21H,5-6,19H2. The van der Waals surface area contributed by atoms with Gasteiger partial charge in [0.25, 0.3) is 0 Å². The number of fused-ring (bicyclic) bond motifs is 2. The van der Waals surface area contributed by atoms with Gasteiger partial charge < -0.3 is 16.2 Å². The van der Waals surface area contributed by atoms with E-state index in [2.05, 4.69) is 5.32 Å². The molecule has 4 N–H and O–H groups in total. The number of aromatic hydroxyl groups is 1. The van der Waals surface area contributed by atoms with Gasteiger partial charge in [0, 0.05) is 18.8 Å². The van der Waals surface area contributed by atoms with Crippen LogP contribution in [0, 0.1) is 0 Å². The third kappa shape index (κ3) is 2.37. The highest BCUT2D eigenvalue weighted by Crippen LogP contribution is 2.41. The number of benzene rings is 2. The largest absolute Gasteiger partial charge is 0.507 e. The zero-order chi connectivity index (χ0) is 16.7. The lowest BCUT2D eigenvalue weighted by Crippen LogP contribution is -2.24. The number of nitrogens with one attached hydrogen (secondary N) is 1. The molecule has 1 aliphatic carbocycles. The van der Waals surface area contributed by atoms with Crippen molar-refractivity contribution >= 4 is 40.5 Å². The molecule has 0 saturated heterocycles. The van der Waals surface area contributed by atoms with Crippen LogP contribution in [0.3, 0.4) is 0 Å². The SMILES string of the molecule is NCCNc1ccc(O)c2c1C(=O)c1c(Cl)ccc(Cl)c1C2=O. The van der Waals surface area contributed by atoms with Crippen LogP contribution in [0.15, 0.2) is 24.3 Å². The molecule has 3 rings (SSSR count). The van der Waals surface area contributed by atoms with E-state index in [9.17, 15) is 14.7 Å². The summed E-state index contributed by atoms with van der Waals surface area (Å²) in [6, 6.07) is 5.80. The molecule has 0 bridgehead atoms. The second kappa shape index (κ2) is 5.85. The zero-order valence-corrected chi connectivity index (χ0v) is 13.3. The van der Waals surface area contributed by atoms with Crippen molar-refractivity contribution in [2.75, 3.05) is 18.4 Å². The molecule has 0 saturated carbocycles. The Morgan fingerprint density at radius 1 is 0.913 bits per heavy atom. The average Bonchev–Trinajstić information content (AvgIpc) is 2.53. The lowest BCUT2D eigenvalue weighted by atomic mass is 9.82. The monoisotopic (exact) mass is 350 g/mol. The van der Waals surface area contributed by atoms with Crippen molar-refractivity contribution in [1.29, 1.82) is 0 Å². The summed E-state index contributed by atoms with van der Waals surface area (Å²) < 4.78 is 0. The Labute approximate surface area is 142 Å². The molecule has 0 atom stereocenters. The number of hydrogen-bond acceptors (Lipinski definition) is 5. The van der Waals surface area contributed by atoms with Crippen LogP contribution >= 0.6 is 23.2 Å².